The van der Waals surface area contributed by atoms with Crippen LogP contribution in [0.2, 0.25) is 0 Å². The highest BCUT2D eigenvalue weighted by atomic mass is 16.5. The largest absolute Gasteiger partial charge is 0.361 e. The van der Waals surface area contributed by atoms with Gasteiger partial charge < -0.3 is 14.0 Å². The number of aromatic nitrogens is 3. The van der Waals surface area contributed by atoms with E-state index < -0.39 is 0 Å². The van der Waals surface area contributed by atoms with Gasteiger partial charge in [0, 0.05) is 31.0 Å². The van der Waals surface area contributed by atoms with Crippen molar-refractivity contribution in [2.75, 3.05) is 13.1 Å². The molecule has 1 aliphatic rings. The average Bonchev–Trinajstić information content (AvgIpc) is 3.08. The van der Waals surface area contributed by atoms with Gasteiger partial charge >= 0.3 is 0 Å². The molecule has 6 nitrogen and oxygen atoms in total. The monoisotopic (exact) mass is 302 g/mol. The Morgan fingerprint density at radius 1 is 1.41 bits per heavy atom. The Balaban J connectivity index is 1.69. The van der Waals surface area contributed by atoms with E-state index in [2.05, 4.69) is 14.7 Å². The Morgan fingerprint density at radius 3 is 2.86 bits per heavy atom. The van der Waals surface area contributed by atoms with Crippen LogP contribution in [0.1, 0.15) is 41.7 Å². The summed E-state index contributed by atoms with van der Waals surface area (Å²) in [5.41, 5.74) is 1.73. The van der Waals surface area contributed by atoms with Crippen molar-refractivity contribution < 1.29 is 9.32 Å². The van der Waals surface area contributed by atoms with Crippen LogP contribution >= 0.6 is 0 Å². The molecule has 1 aliphatic heterocycles. The smallest absolute Gasteiger partial charge is 0.227 e. The summed E-state index contributed by atoms with van der Waals surface area (Å²) in [5, 5.41) is 3.92. The quantitative estimate of drug-likeness (QED) is 0.872. The number of amides is 1. The zero-order valence-corrected chi connectivity index (χ0v) is 13.4. The third kappa shape index (κ3) is 2.77. The maximum Gasteiger partial charge on any atom is 0.227 e. The van der Waals surface area contributed by atoms with Crippen molar-refractivity contribution in [3.63, 3.8) is 0 Å². The van der Waals surface area contributed by atoms with E-state index >= 15 is 0 Å². The van der Waals surface area contributed by atoms with Gasteiger partial charge in [0.15, 0.2) is 0 Å². The zero-order chi connectivity index (χ0) is 15.7. The molecule has 1 saturated heterocycles. The van der Waals surface area contributed by atoms with Crippen molar-refractivity contribution in [1.82, 2.24) is 19.6 Å². The molecule has 0 unspecified atom stereocenters. The molecule has 0 radical (unpaired) electrons. The maximum absolute atomic E-state index is 12.6. The van der Waals surface area contributed by atoms with Crippen LogP contribution in [0, 0.1) is 20.8 Å². The van der Waals surface area contributed by atoms with Gasteiger partial charge in [0.05, 0.1) is 18.2 Å². The summed E-state index contributed by atoms with van der Waals surface area (Å²) in [6.07, 6.45) is 6.31. The first-order valence-electron chi connectivity index (χ1n) is 7.75. The lowest BCUT2D eigenvalue weighted by Crippen LogP contribution is -2.41. The van der Waals surface area contributed by atoms with Gasteiger partial charge in [-0.2, -0.15) is 0 Å². The molecule has 3 rings (SSSR count). The van der Waals surface area contributed by atoms with E-state index in [0.717, 1.165) is 48.8 Å². The third-order valence-electron chi connectivity index (χ3n) is 4.51. The van der Waals surface area contributed by atoms with E-state index in [1.54, 1.807) is 0 Å². The van der Waals surface area contributed by atoms with Gasteiger partial charge in [-0.15, -0.1) is 0 Å². The number of nitrogens with zero attached hydrogens (tertiary/aromatic N) is 4. The van der Waals surface area contributed by atoms with Gasteiger partial charge in [0.25, 0.3) is 0 Å². The second-order valence-corrected chi connectivity index (χ2v) is 6.00. The molecule has 0 spiro atoms. The van der Waals surface area contributed by atoms with Crippen molar-refractivity contribution in [3.8, 4) is 0 Å². The summed E-state index contributed by atoms with van der Waals surface area (Å²) >= 11 is 0. The number of aryl methyl sites for hydroxylation is 3. The molecule has 3 heterocycles. The van der Waals surface area contributed by atoms with Gasteiger partial charge in [-0.1, -0.05) is 5.16 Å². The first-order chi connectivity index (χ1) is 10.6. The van der Waals surface area contributed by atoms with Crippen LogP contribution in [0.15, 0.2) is 16.9 Å². The SMILES string of the molecule is Cc1noc(C)c1CC(=O)N1CCC[C@H](n2ccnc2C)C1. The molecule has 0 bridgehead atoms. The summed E-state index contributed by atoms with van der Waals surface area (Å²) in [7, 11) is 0. The van der Waals surface area contributed by atoms with Gasteiger partial charge in [-0.05, 0) is 33.6 Å². The highest BCUT2D eigenvalue weighted by Crippen LogP contribution is 2.24. The molecule has 0 N–H and O–H groups in total. The predicted octanol–water partition coefficient (Wildman–Crippen LogP) is 2.20. The topological polar surface area (TPSA) is 64.2 Å². The number of hydrogen-bond donors (Lipinski definition) is 0. The summed E-state index contributed by atoms with van der Waals surface area (Å²) in [6.45, 7) is 7.32. The fourth-order valence-electron chi connectivity index (χ4n) is 3.20. The number of likely N-dealkylation sites (tertiary alicyclic amines) is 1. The fraction of sp³-hybridized carbons (Fsp3) is 0.562. The normalized spacial score (nSPS) is 18.7. The molecule has 1 atom stereocenters. The summed E-state index contributed by atoms with van der Waals surface area (Å²) in [5.74, 6) is 1.90. The second-order valence-electron chi connectivity index (χ2n) is 6.00. The van der Waals surface area contributed by atoms with Crippen molar-refractivity contribution >= 4 is 5.91 Å². The lowest BCUT2D eigenvalue weighted by molar-refractivity contribution is -0.132. The minimum Gasteiger partial charge on any atom is -0.361 e. The van der Waals surface area contributed by atoms with E-state index in [1.165, 1.54) is 0 Å². The zero-order valence-electron chi connectivity index (χ0n) is 13.4. The lowest BCUT2D eigenvalue weighted by Gasteiger charge is -2.34. The molecule has 118 valence electrons. The van der Waals surface area contributed by atoms with Gasteiger partial charge in [0.2, 0.25) is 5.91 Å². The second kappa shape index (κ2) is 5.94. The molecule has 6 heteroatoms. The van der Waals surface area contributed by atoms with Crippen molar-refractivity contribution in [2.24, 2.45) is 0 Å². The molecule has 2 aromatic heterocycles. The fourth-order valence-corrected chi connectivity index (χ4v) is 3.20. The summed E-state index contributed by atoms with van der Waals surface area (Å²) in [4.78, 5) is 18.8. The highest BCUT2D eigenvalue weighted by molar-refractivity contribution is 5.79. The minimum atomic E-state index is 0.150. The van der Waals surface area contributed by atoms with Crippen LogP contribution in [-0.2, 0) is 11.2 Å². The van der Waals surface area contributed by atoms with Crippen LogP contribution in [0.3, 0.4) is 0 Å². The molecule has 0 aromatic carbocycles. The molecule has 1 fully saturated rings. The molecular weight excluding hydrogens is 280 g/mol. The number of piperidine rings is 1. The van der Waals surface area contributed by atoms with Gasteiger partial charge in [-0.25, -0.2) is 4.98 Å². The van der Waals surface area contributed by atoms with E-state index in [9.17, 15) is 4.79 Å². The highest BCUT2D eigenvalue weighted by Gasteiger charge is 2.26. The molecule has 0 saturated carbocycles. The Hall–Kier alpha value is -2.11. The van der Waals surface area contributed by atoms with Crippen molar-refractivity contribution in [3.05, 3.63) is 35.2 Å². The molecule has 22 heavy (non-hydrogen) atoms. The van der Waals surface area contributed by atoms with Crippen LogP contribution in [-0.4, -0.2) is 38.6 Å². The molecule has 1 amide bonds. The Labute approximate surface area is 130 Å². The van der Waals surface area contributed by atoms with E-state index in [4.69, 9.17) is 4.52 Å². The number of carbonyl (C=O) groups is 1. The minimum absolute atomic E-state index is 0.150. The van der Waals surface area contributed by atoms with E-state index in [0.29, 0.717) is 12.5 Å². The Morgan fingerprint density at radius 2 is 2.23 bits per heavy atom. The number of hydrogen-bond acceptors (Lipinski definition) is 4. The standard InChI is InChI=1S/C16H22N4O2/c1-11-15(12(2)22-18-11)9-16(21)19-7-4-5-14(10-19)20-8-6-17-13(20)3/h6,8,14H,4-5,7,9-10H2,1-3H3/t14-/m0/s1. The molecule has 0 aliphatic carbocycles. The maximum atomic E-state index is 12.6. The van der Waals surface area contributed by atoms with Crippen LogP contribution in [0.25, 0.3) is 0 Å². The predicted molar refractivity (Wildman–Crippen MR) is 81.5 cm³/mol. The summed E-state index contributed by atoms with van der Waals surface area (Å²) < 4.78 is 7.32. The van der Waals surface area contributed by atoms with Crippen molar-refractivity contribution in [2.45, 2.75) is 46.1 Å². The molecular formula is C16H22N4O2. The van der Waals surface area contributed by atoms with Gasteiger partial charge in [-0.3, -0.25) is 4.79 Å². The molecule has 2 aromatic rings. The van der Waals surface area contributed by atoms with E-state index in [-0.39, 0.29) is 5.91 Å². The van der Waals surface area contributed by atoms with Crippen LogP contribution in [0.5, 0.6) is 0 Å². The van der Waals surface area contributed by atoms with Crippen LogP contribution < -0.4 is 0 Å². The van der Waals surface area contributed by atoms with E-state index in [1.807, 2.05) is 38.1 Å². The van der Waals surface area contributed by atoms with Crippen LogP contribution in [0.4, 0.5) is 0 Å². The number of imidazole rings is 1. The first kappa shape index (κ1) is 14.8. The third-order valence-corrected chi connectivity index (χ3v) is 4.51. The Kier molecular flexibility index (Phi) is 4.00. The lowest BCUT2D eigenvalue weighted by atomic mass is 10.0. The first-order valence-corrected chi connectivity index (χ1v) is 7.75. The number of carbonyl (C=O) groups excluding carboxylic acids is 1. The Bertz CT molecular complexity index is 654. The van der Waals surface area contributed by atoms with Gasteiger partial charge in [0.1, 0.15) is 11.6 Å². The summed E-state index contributed by atoms with van der Waals surface area (Å²) in [6, 6.07) is 0.324. The average molecular weight is 302 g/mol. The van der Waals surface area contributed by atoms with Crippen molar-refractivity contribution in [1.29, 1.82) is 0 Å². The number of rotatable bonds is 3.